The minimum Gasteiger partial charge on any atom is -0.490 e. The molecule has 0 radical (unpaired) electrons. The summed E-state index contributed by atoms with van der Waals surface area (Å²) in [5.74, 6) is 2.56. The smallest absolute Gasteiger partial charge is 0.161 e. The van der Waals surface area contributed by atoms with E-state index in [1.807, 2.05) is 32.2 Å². The molecule has 1 N–H and O–H groups in total. The number of hydrogen-bond acceptors (Lipinski definition) is 4. The van der Waals surface area contributed by atoms with Crippen molar-refractivity contribution in [1.82, 2.24) is 5.32 Å². The molecule has 4 heteroatoms. The van der Waals surface area contributed by atoms with Gasteiger partial charge in [-0.1, -0.05) is 6.07 Å². The van der Waals surface area contributed by atoms with Gasteiger partial charge >= 0.3 is 0 Å². The second kappa shape index (κ2) is 5.59. The van der Waals surface area contributed by atoms with Gasteiger partial charge in [-0.25, -0.2) is 0 Å². The summed E-state index contributed by atoms with van der Waals surface area (Å²) in [6.45, 7) is 3.45. The Labute approximate surface area is 118 Å². The highest BCUT2D eigenvalue weighted by Gasteiger charge is 2.20. The lowest BCUT2D eigenvalue weighted by molar-refractivity contribution is 0.297. The van der Waals surface area contributed by atoms with E-state index in [1.54, 1.807) is 6.26 Å². The first-order valence-corrected chi connectivity index (χ1v) is 6.90. The fraction of sp³-hybridized carbons (Fsp3) is 0.375. The van der Waals surface area contributed by atoms with Gasteiger partial charge in [0.15, 0.2) is 11.5 Å². The Hall–Kier alpha value is -1.94. The Morgan fingerprint density at radius 1 is 1.10 bits per heavy atom. The monoisotopic (exact) mass is 273 g/mol. The van der Waals surface area contributed by atoms with Crippen molar-refractivity contribution in [1.29, 1.82) is 0 Å². The van der Waals surface area contributed by atoms with Crippen LogP contribution in [0.3, 0.4) is 0 Å². The molecule has 1 aliphatic rings. The van der Waals surface area contributed by atoms with Gasteiger partial charge in [0.2, 0.25) is 0 Å². The maximum Gasteiger partial charge on any atom is 0.161 e. The Kier molecular flexibility index (Phi) is 3.65. The van der Waals surface area contributed by atoms with Crippen LogP contribution in [-0.4, -0.2) is 20.3 Å². The average Bonchev–Trinajstić information content (AvgIpc) is 2.75. The summed E-state index contributed by atoms with van der Waals surface area (Å²) in [5, 5.41) is 3.29. The van der Waals surface area contributed by atoms with Crippen LogP contribution in [0.1, 0.15) is 29.3 Å². The van der Waals surface area contributed by atoms with Crippen molar-refractivity contribution in [3.05, 3.63) is 47.4 Å². The van der Waals surface area contributed by atoms with Gasteiger partial charge < -0.3 is 19.2 Å². The van der Waals surface area contributed by atoms with E-state index in [9.17, 15) is 0 Å². The standard InChI is InChI=1S/C16H19NO3/c1-11-6-9-20-16(11)15(17-2)12-4-5-13-14(10-12)19-8-3-7-18-13/h4-6,9-10,15,17H,3,7-8H2,1-2H3. The Balaban J connectivity index is 1.96. The van der Waals surface area contributed by atoms with E-state index in [2.05, 4.69) is 11.4 Å². The van der Waals surface area contributed by atoms with Gasteiger partial charge in [0.1, 0.15) is 5.76 Å². The molecule has 106 valence electrons. The van der Waals surface area contributed by atoms with Gasteiger partial charge in [0, 0.05) is 6.42 Å². The second-order valence-electron chi connectivity index (χ2n) is 4.95. The third-order valence-corrected chi connectivity index (χ3v) is 3.56. The highest BCUT2D eigenvalue weighted by atomic mass is 16.5. The number of hydrogen-bond donors (Lipinski definition) is 1. The van der Waals surface area contributed by atoms with E-state index in [-0.39, 0.29) is 6.04 Å². The van der Waals surface area contributed by atoms with Crippen LogP contribution in [0.2, 0.25) is 0 Å². The summed E-state index contributed by atoms with van der Waals surface area (Å²) in [6.07, 6.45) is 2.63. The van der Waals surface area contributed by atoms with Crippen LogP contribution < -0.4 is 14.8 Å². The number of rotatable bonds is 3. The molecule has 0 saturated heterocycles. The summed E-state index contributed by atoms with van der Waals surface area (Å²) in [4.78, 5) is 0. The molecule has 0 aliphatic carbocycles. The fourth-order valence-electron chi connectivity index (χ4n) is 2.49. The normalized spacial score (nSPS) is 15.7. The predicted molar refractivity (Wildman–Crippen MR) is 76.4 cm³/mol. The van der Waals surface area contributed by atoms with Crippen molar-refractivity contribution in [3.8, 4) is 11.5 Å². The molecule has 0 spiro atoms. The molecule has 1 aliphatic heterocycles. The fourth-order valence-corrected chi connectivity index (χ4v) is 2.49. The van der Waals surface area contributed by atoms with Gasteiger partial charge in [0.25, 0.3) is 0 Å². The molecule has 2 heterocycles. The molecule has 20 heavy (non-hydrogen) atoms. The molecule has 1 unspecified atom stereocenters. The summed E-state index contributed by atoms with van der Waals surface area (Å²) in [6, 6.07) is 8.05. The van der Waals surface area contributed by atoms with Gasteiger partial charge in [-0.05, 0) is 43.3 Å². The third kappa shape index (κ3) is 2.39. The van der Waals surface area contributed by atoms with Crippen LogP contribution in [-0.2, 0) is 0 Å². The quantitative estimate of drug-likeness (QED) is 0.933. The van der Waals surface area contributed by atoms with Crippen LogP contribution in [0.5, 0.6) is 11.5 Å². The highest BCUT2D eigenvalue weighted by molar-refractivity contribution is 5.46. The van der Waals surface area contributed by atoms with Gasteiger partial charge in [-0.2, -0.15) is 0 Å². The van der Waals surface area contributed by atoms with Crippen molar-refractivity contribution in [2.75, 3.05) is 20.3 Å². The zero-order chi connectivity index (χ0) is 13.9. The number of benzene rings is 1. The molecule has 1 atom stereocenters. The van der Waals surface area contributed by atoms with Crippen molar-refractivity contribution < 1.29 is 13.9 Å². The maximum absolute atomic E-state index is 5.75. The minimum atomic E-state index is 0.0159. The molecule has 4 nitrogen and oxygen atoms in total. The highest BCUT2D eigenvalue weighted by Crippen LogP contribution is 2.34. The van der Waals surface area contributed by atoms with E-state index < -0.39 is 0 Å². The van der Waals surface area contributed by atoms with E-state index in [0.717, 1.165) is 34.8 Å². The molecular formula is C16H19NO3. The topological polar surface area (TPSA) is 43.6 Å². The first kappa shape index (κ1) is 13.1. The summed E-state index contributed by atoms with van der Waals surface area (Å²) >= 11 is 0. The molecule has 2 aromatic rings. The van der Waals surface area contributed by atoms with E-state index >= 15 is 0 Å². The predicted octanol–water partition coefficient (Wildman–Crippen LogP) is 3.06. The van der Waals surface area contributed by atoms with Crippen molar-refractivity contribution >= 4 is 0 Å². The van der Waals surface area contributed by atoms with Crippen LogP contribution in [0.25, 0.3) is 0 Å². The van der Waals surface area contributed by atoms with Crippen molar-refractivity contribution in [2.24, 2.45) is 0 Å². The van der Waals surface area contributed by atoms with Crippen LogP contribution >= 0.6 is 0 Å². The lowest BCUT2D eigenvalue weighted by atomic mass is 10.0. The number of furan rings is 1. The Morgan fingerprint density at radius 2 is 1.90 bits per heavy atom. The first-order chi connectivity index (χ1) is 9.79. The maximum atomic E-state index is 5.75. The summed E-state index contributed by atoms with van der Waals surface area (Å²) < 4.78 is 17.0. The number of nitrogens with one attached hydrogen (secondary N) is 1. The average molecular weight is 273 g/mol. The molecule has 3 rings (SSSR count). The van der Waals surface area contributed by atoms with Crippen LogP contribution in [0.4, 0.5) is 0 Å². The molecular weight excluding hydrogens is 254 g/mol. The lowest BCUT2D eigenvalue weighted by Gasteiger charge is -2.17. The zero-order valence-corrected chi connectivity index (χ0v) is 11.8. The van der Waals surface area contributed by atoms with Crippen LogP contribution in [0, 0.1) is 6.92 Å². The number of fused-ring (bicyclic) bond motifs is 1. The van der Waals surface area contributed by atoms with Gasteiger partial charge in [-0.15, -0.1) is 0 Å². The minimum absolute atomic E-state index is 0.0159. The number of ether oxygens (including phenoxy) is 2. The SMILES string of the molecule is CNC(c1ccc2c(c1)OCCCO2)c1occc1C. The van der Waals surface area contributed by atoms with E-state index in [4.69, 9.17) is 13.9 Å². The third-order valence-electron chi connectivity index (χ3n) is 3.56. The van der Waals surface area contributed by atoms with Crippen molar-refractivity contribution in [2.45, 2.75) is 19.4 Å². The van der Waals surface area contributed by atoms with Crippen LogP contribution in [0.15, 0.2) is 34.9 Å². The molecule has 0 bridgehead atoms. The summed E-state index contributed by atoms with van der Waals surface area (Å²) in [7, 11) is 1.93. The lowest BCUT2D eigenvalue weighted by Crippen LogP contribution is -2.18. The van der Waals surface area contributed by atoms with Gasteiger partial charge in [0.05, 0.1) is 25.5 Å². The molecule has 0 fully saturated rings. The zero-order valence-electron chi connectivity index (χ0n) is 11.8. The number of aryl methyl sites for hydroxylation is 1. The van der Waals surface area contributed by atoms with Crippen molar-refractivity contribution in [3.63, 3.8) is 0 Å². The Morgan fingerprint density at radius 3 is 2.60 bits per heavy atom. The Bertz CT molecular complexity index is 591. The molecule has 0 saturated carbocycles. The second-order valence-corrected chi connectivity index (χ2v) is 4.95. The molecule has 1 aromatic heterocycles. The van der Waals surface area contributed by atoms with Gasteiger partial charge in [-0.3, -0.25) is 0 Å². The van der Waals surface area contributed by atoms with E-state index in [0.29, 0.717) is 13.2 Å². The molecule has 1 aromatic carbocycles. The first-order valence-electron chi connectivity index (χ1n) is 6.90. The largest absolute Gasteiger partial charge is 0.490 e. The summed E-state index contributed by atoms with van der Waals surface area (Å²) in [5.41, 5.74) is 2.24. The van der Waals surface area contributed by atoms with E-state index in [1.165, 1.54) is 0 Å². The molecule has 0 amide bonds.